The van der Waals surface area contributed by atoms with Crippen LogP contribution in [-0.2, 0) is 6.18 Å². The zero-order chi connectivity index (χ0) is 8.48. The molecular formula is C7H4F3S. The minimum atomic E-state index is -4.32. The summed E-state index contributed by atoms with van der Waals surface area (Å²) in [6.07, 6.45) is -4.32. The molecule has 0 spiro atoms. The average Bonchev–Trinajstić information content (AvgIpc) is 1.86. The molecule has 0 heterocycles. The Hall–Kier alpha value is -0.640. The molecule has 1 aromatic rings. The largest absolute Gasteiger partial charge is 0.417 e. The van der Waals surface area contributed by atoms with Crippen LogP contribution in [-0.4, -0.2) is 0 Å². The number of benzene rings is 1. The average molecular weight is 177 g/mol. The summed E-state index contributed by atoms with van der Waals surface area (Å²) in [5.74, 6) is 0. The molecule has 0 N–H and O–H groups in total. The highest BCUT2D eigenvalue weighted by Crippen LogP contribution is 2.32. The summed E-state index contributed by atoms with van der Waals surface area (Å²) in [5, 5.41) is 0. The summed E-state index contributed by atoms with van der Waals surface area (Å²) < 4.78 is 35.9. The maximum absolute atomic E-state index is 12.0. The molecule has 0 saturated heterocycles. The minimum Gasteiger partial charge on any atom is -0.166 e. The lowest BCUT2D eigenvalue weighted by atomic mass is 10.2. The third-order valence-electron chi connectivity index (χ3n) is 1.15. The van der Waals surface area contributed by atoms with Gasteiger partial charge in [0.15, 0.2) is 0 Å². The molecule has 11 heavy (non-hydrogen) atoms. The molecule has 0 aromatic heterocycles. The van der Waals surface area contributed by atoms with Gasteiger partial charge in [0, 0.05) is 4.90 Å². The van der Waals surface area contributed by atoms with Crippen molar-refractivity contribution in [1.82, 2.24) is 0 Å². The van der Waals surface area contributed by atoms with Gasteiger partial charge in [-0.1, -0.05) is 6.07 Å². The Morgan fingerprint density at radius 1 is 1.36 bits per heavy atom. The molecule has 0 atom stereocenters. The van der Waals surface area contributed by atoms with Gasteiger partial charge in [-0.05, 0) is 18.2 Å². The van der Waals surface area contributed by atoms with Crippen LogP contribution in [0, 0.1) is 6.07 Å². The second kappa shape index (κ2) is 2.77. The summed E-state index contributed by atoms with van der Waals surface area (Å²) in [6, 6.07) is 5.86. The van der Waals surface area contributed by atoms with E-state index in [1.807, 2.05) is 0 Å². The highest BCUT2D eigenvalue weighted by atomic mass is 32.1. The van der Waals surface area contributed by atoms with Crippen LogP contribution in [0.25, 0.3) is 0 Å². The van der Waals surface area contributed by atoms with Gasteiger partial charge in [0.2, 0.25) is 0 Å². The Bertz CT molecular complexity index is 254. The third-order valence-corrected chi connectivity index (χ3v) is 1.54. The van der Waals surface area contributed by atoms with Crippen molar-refractivity contribution in [2.75, 3.05) is 0 Å². The van der Waals surface area contributed by atoms with E-state index in [-0.39, 0.29) is 4.90 Å². The van der Waals surface area contributed by atoms with Crippen LogP contribution in [0.2, 0.25) is 0 Å². The van der Waals surface area contributed by atoms with Crippen LogP contribution in [0.1, 0.15) is 5.56 Å². The lowest BCUT2D eigenvalue weighted by Crippen LogP contribution is -2.05. The van der Waals surface area contributed by atoms with E-state index in [9.17, 15) is 13.2 Å². The van der Waals surface area contributed by atoms with Crippen LogP contribution < -0.4 is 0 Å². The van der Waals surface area contributed by atoms with E-state index in [0.29, 0.717) is 0 Å². The van der Waals surface area contributed by atoms with Crippen LogP contribution in [0.15, 0.2) is 23.1 Å². The summed E-state index contributed by atoms with van der Waals surface area (Å²) in [7, 11) is 0. The maximum atomic E-state index is 12.0. The standard InChI is InChI=1S/C7H4F3S/c8-7(9,10)5-3-1-2-4-6(5)11/h2-4,11H. The van der Waals surface area contributed by atoms with Crippen LogP contribution >= 0.6 is 12.6 Å². The number of halogens is 3. The predicted molar refractivity (Wildman–Crippen MR) is 37.5 cm³/mol. The fourth-order valence-corrected chi connectivity index (χ4v) is 0.915. The van der Waals surface area contributed by atoms with E-state index < -0.39 is 11.7 Å². The molecule has 0 fully saturated rings. The molecular weight excluding hydrogens is 173 g/mol. The van der Waals surface area contributed by atoms with Gasteiger partial charge in [0.1, 0.15) is 0 Å². The Morgan fingerprint density at radius 2 is 2.00 bits per heavy atom. The van der Waals surface area contributed by atoms with Gasteiger partial charge in [0.25, 0.3) is 0 Å². The lowest BCUT2D eigenvalue weighted by Gasteiger charge is -2.07. The summed E-state index contributed by atoms with van der Waals surface area (Å²) in [6.45, 7) is 0. The molecule has 1 rings (SSSR count). The first kappa shape index (κ1) is 8.46. The van der Waals surface area contributed by atoms with Crippen LogP contribution in [0.4, 0.5) is 13.2 Å². The van der Waals surface area contributed by atoms with Gasteiger partial charge in [0.05, 0.1) is 5.56 Å². The monoisotopic (exact) mass is 177 g/mol. The number of rotatable bonds is 0. The van der Waals surface area contributed by atoms with E-state index in [1.165, 1.54) is 12.1 Å². The number of hydrogen-bond acceptors (Lipinski definition) is 1. The molecule has 0 nitrogen and oxygen atoms in total. The molecule has 0 unspecified atom stereocenters. The third kappa shape index (κ3) is 1.89. The number of alkyl halides is 3. The summed E-state index contributed by atoms with van der Waals surface area (Å²) in [5.41, 5.74) is -0.747. The predicted octanol–water partition coefficient (Wildman–Crippen LogP) is 2.79. The first-order chi connectivity index (χ1) is 5.02. The molecule has 0 bridgehead atoms. The smallest absolute Gasteiger partial charge is 0.166 e. The van der Waals surface area contributed by atoms with Crippen molar-refractivity contribution in [1.29, 1.82) is 0 Å². The first-order valence-electron chi connectivity index (χ1n) is 2.78. The van der Waals surface area contributed by atoms with Gasteiger partial charge < -0.3 is 0 Å². The molecule has 0 saturated carbocycles. The zero-order valence-electron chi connectivity index (χ0n) is 5.31. The molecule has 59 valence electrons. The Kier molecular flexibility index (Phi) is 2.13. The van der Waals surface area contributed by atoms with Gasteiger partial charge >= 0.3 is 6.18 Å². The Labute approximate surface area is 67.4 Å². The zero-order valence-corrected chi connectivity index (χ0v) is 6.21. The molecule has 0 amide bonds. The van der Waals surface area contributed by atoms with Crippen molar-refractivity contribution in [2.45, 2.75) is 11.1 Å². The van der Waals surface area contributed by atoms with E-state index >= 15 is 0 Å². The van der Waals surface area contributed by atoms with Gasteiger partial charge in [-0.2, -0.15) is 13.2 Å². The van der Waals surface area contributed by atoms with Gasteiger partial charge in [-0.15, -0.1) is 12.6 Å². The lowest BCUT2D eigenvalue weighted by molar-refractivity contribution is -0.139. The Balaban J connectivity index is 3.14. The van der Waals surface area contributed by atoms with Gasteiger partial charge in [-0.25, -0.2) is 0 Å². The maximum Gasteiger partial charge on any atom is 0.417 e. The van der Waals surface area contributed by atoms with Crippen LogP contribution in [0.3, 0.4) is 0 Å². The fraction of sp³-hybridized carbons (Fsp3) is 0.143. The van der Waals surface area contributed by atoms with Crippen LogP contribution in [0.5, 0.6) is 0 Å². The molecule has 0 aliphatic rings. The van der Waals surface area contributed by atoms with Crippen molar-refractivity contribution in [3.8, 4) is 0 Å². The molecule has 4 heteroatoms. The van der Waals surface area contributed by atoms with Crippen molar-refractivity contribution in [2.24, 2.45) is 0 Å². The molecule has 0 aliphatic carbocycles. The van der Waals surface area contributed by atoms with Crippen molar-refractivity contribution in [3.63, 3.8) is 0 Å². The fourth-order valence-electron chi connectivity index (χ4n) is 0.649. The first-order valence-corrected chi connectivity index (χ1v) is 3.23. The van der Waals surface area contributed by atoms with E-state index in [4.69, 9.17) is 0 Å². The molecule has 1 radical (unpaired) electrons. The van der Waals surface area contributed by atoms with Crippen molar-refractivity contribution >= 4 is 12.6 Å². The summed E-state index contributed by atoms with van der Waals surface area (Å²) >= 11 is 3.65. The second-order valence-electron chi connectivity index (χ2n) is 1.94. The SMILES string of the molecule is FC(F)(F)c1c[c]ccc1S. The van der Waals surface area contributed by atoms with Gasteiger partial charge in [-0.3, -0.25) is 0 Å². The van der Waals surface area contributed by atoms with Crippen molar-refractivity contribution in [3.05, 3.63) is 29.8 Å². The Morgan fingerprint density at radius 3 is 2.36 bits per heavy atom. The highest BCUT2D eigenvalue weighted by Gasteiger charge is 2.32. The highest BCUT2D eigenvalue weighted by molar-refractivity contribution is 7.80. The number of thiol groups is 1. The normalized spacial score (nSPS) is 11.6. The number of hydrogen-bond donors (Lipinski definition) is 1. The topological polar surface area (TPSA) is 0 Å². The quantitative estimate of drug-likeness (QED) is 0.579. The minimum absolute atomic E-state index is 0.0729. The second-order valence-corrected chi connectivity index (χ2v) is 2.42. The van der Waals surface area contributed by atoms with E-state index in [2.05, 4.69) is 18.7 Å². The molecule has 1 aromatic carbocycles. The molecule has 0 aliphatic heterocycles. The summed E-state index contributed by atoms with van der Waals surface area (Å²) in [4.78, 5) is -0.0729. The van der Waals surface area contributed by atoms with E-state index in [0.717, 1.165) is 6.07 Å². The van der Waals surface area contributed by atoms with E-state index in [1.54, 1.807) is 0 Å². The van der Waals surface area contributed by atoms with Crippen molar-refractivity contribution < 1.29 is 13.2 Å².